The summed E-state index contributed by atoms with van der Waals surface area (Å²) in [5.74, 6) is 1.07. The van der Waals surface area contributed by atoms with E-state index in [1.54, 1.807) is 0 Å². The lowest BCUT2D eigenvalue weighted by Crippen LogP contribution is -2.50. The minimum Gasteiger partial charge on any atom is -0.354 e. The molecule has 0 saturated carbocycles. The Morgan fingerprint density at radius 1 is 1.40 bits per heavy atom. The van der Waals surface area contributed by atoms with E-state index in [2.05, 4.69) is 50.8 Å². The Hall–Kier alpha value is -0.610. The smallest absolute Gasteiger partial charge is 0.129 e. The molecule has 2 rings (SSSR count). The lowest BCUT2D eigenvalue weighted by atomic mass is 10.2. The van der Waals surface area contributed by atoms with Crippen LogP contribution in [0.4, 0.5) is 5.82 Å². The number of piperazine rings is 1. The van der Waals surface area contributed by atoms with Gasteiger partial charge in [-0.05, 0) is 42.0 Å². The fraction of sp³-hybridized carbons (Fsp3) is 0.545. The highest BCUT2D eigenvalue weighted by molar-refractivity contribution is 9.10. The molecular formula is C11H16BrN3. The maximum absolute atomic E-state index is 4.48. The van der Waals surface area contributed by atoms with Gasteiger partial charge in [0.1, 0.15) is 10.4 Å². The predicted molar refractivity (Wildman–Crippen MR) is 66.2 cm³/mol. The van der Waals surface area contributed by atoms with Gasteiger partial charge in [0, 0.05) is 25.7 Å². The molecule has 4 heteroatoms. The molecule has 0 N–H and O–H groups in total. The summed E-state index contributed by atoms with van der Waals surface area (Å²) in [6.45, 7) is 5.48. The Kier molecular flexibility index (Phi) is 3.26. The van der Waals surface area contributed by atoms with Crippen molar-refractivity contribution in [2.75, 3.05) is 31.6 Å². The minimum atomic E-state index is 0.597. The maximum atomic E-state index is 4.48. The van der Waals surface area contributed by atoms with E-state index in [4.69, 9.17) is 0 Å². The van der Waals surface area contributed by atoms with Crippen LogP contribution in [0, 0.1) is 0 Å². The van der Waals surface area contributed by atoms with Gasteiger partial charge in [-0.15, -0.1) is 0 Å². The second-order valence-corrected chi connectivity index (χ2v) is 4.91. The van der Waals surface area contributed by atoms with Gasteiger partial charge in [-0.25, -0.2) is 4.98 Å². The Morgan fingerprint density at radius 3 is 2.87 bits per heavy atom. The second-order valence-electron chi connectivity index (χ2n) is 4.09. The molecule has 0 bridgehead atoms. The highest BCUT2D eigenvalue weighted by atomic mass is 79.9. The first-order valence-electron chi connectivity index (χ1n) is 5.24. The van der Waals surface area contributed by atoms with Crippen LogP contribution in [-0.2, 0) is 0 Å². The summed E-state index contributed by atoms with van der Waals surface area (Å²) in [4.78, 5) is 9.21. The fourth-order valence-electron chi connectivity index (χ4n) is 1.83. The molecule has 0 aromatic carbocycles. The molecule has 1 atom stereocenters. The van der Waals surface area contributed by atoms with E-state index in [0.717, 1.165) is 30.1 Å². The first-order valence-corrected chi connectivity index (χ1v) is 6.04. The van der Waals surface area contributed by atoms with Crippen molar-refractivity contribution in [1.29, 1.82) is 0 Å². The Balaban J connectivity index is 2.12. The van der Waals surface area contributed by atoms with Crippen LogP contribution in [0.1, 0.15) is 6.92 Å². The molecule has 1 aliphatic heterocycles. The number of nitrogens with zero attached hydrogens (tertiary/aromatic N) is 3. The summed E-state index contributed by atoms with van der Waals surface area (Å²) in [6.07, 6.45) is 0. The van der Waals surface area contributed by atoms with Crippen molar-refractivity contribution in [3.63, 3.8) is 0 Å². The number of hydrogen-bond acceptors (Lipinski definition) is 3. The second kappa shape index (κ2) is 4.49. The van der Waals surface area contributed by atoms with Gasteiger partial charge in [0.2, 0.25) is 0 Å². The van der Waals surface area contributed by atoms with E-state index >= 15 is 0 Å². The molecule has 0 radical (unpaired) electrons. The van der Waals surface area contributed by atoms with E-state index in [9.17, 15) is 0 Å². The van der Waals surface area contributed by atoms with E-state index in [1.165, 1.54) is 0 Å². The third-order valence-corrected chi connectivity index (χ3v) is 3.43. The molecule has 82 valence electrons. The third-order valence-electron chi connectivity index (χ3n) is 2.98. The zero-order valence-corrected chi connectivity index (χ0v) is 10.7. The normalized spacial score (nSPS) is 23.1. The molecule has 0 aliphatic carbocycles. The standard InChI is InChI=1S/C11H16BrN3/c1-9-8-15(7-6-14(9)2)11-5-3-4-10(12)13-11/h3-5,9H,6-8H2,1-2H3. The highest BCUT2D eigenvalue weighted by Crippen LogP contribution is 2.18. The van der Waals surface area contributed by atoms with E-state index < -0.39 is 0 Å². The largest absolute Gasteiger partial charge is 0.354 e. The molecule has 0 spiro atoms. The van der Waals surface area contributed by atoms with Crippen molar-refractivity contribution in [2.45, 2.75) is 13.0 Å². The molecule has 2 heterocycles. The van der Waals surface area contributed by atoms with Crippen LogP contribution in [-0.4, -0.2) is 42.6 Å². The van der Waals surface area contributed by atoms with Crippen molar-refractivity contribution in [3.8, 4) is 0 Å². The number of rotatable bonds is 1. The van der Waals surface area contributed by atoms with Gasteiger partial charge in [0.25, 0.3) is 0 Å². The summed E-state index contributed by atoms with van der Waals surface area (Å²) >= 11 is 3.41. The molecule has 1 aliphatic rings. The van der Waals surface area contributed by atoms with Gasteiger partial charge >= 0.3 is 0 Å². The SMILES string of the molecule is CC1CN(c2cccc(Br)n2)CCN1C. The number of aromatic nitrogens is 1. The lowest BCUT2D eigenvalue weighted by molar-refractivity contribution is 0.233. The van der Waals surface area contributed by atoms with Crippen molar-refractivity contribution in [3.05, 3.63) is 22.8 Å². The van der Waals surface area contributed by atoms with Crippen LogP contribution < -0.4 is 4.90 Å². The monoisotopic (exact) mass is 269 g/mol. The van der Waals surface area contributed by atoms with Gasteiger partial charge in [-0.1, -0.05) is 6.07 Å². The molecule has 1 saturated heterocycles. The van der Waals surface area contributed by atoms with Gasteiger partial charge < -0.3 is 9.80 Å². The molecule has 15 heavy (non-hydrogen) atoms. The number of pyridine rings is 1. The van der Waals surface area contributed by atoms with Crippen molar-refractivity contribution in [2.24, 2.45) is 0 Å². The summed E-state index contributed by atoms with van der Waals surface area (Å²) in [5.41, 5.74) is 0. The number of likely N-dealkylation sites (N-methyl/N-ethyl adjacent to an activating group) is 1. The Bertz CT molecular complexity index is 342. The van der Waals surface area contributed by atoms with Crippen molar-refractivity contribution < 1.29 is 0 Å². The van der Waals surface area contributed by atoms with Crippen molar-refractivity contribution in [1.82, 2.24) is 9.88 Å². The average Bonchev–Trinajstić information content (AvgIpc) is 2.22. The number of hydrogen-bond donors (Lipinski definition) is 0. The summed E-state index contributed by atoms with van der Waals surface area (Å²) in [5, 5.41) is 0. The Morgan fingerprint density at radius 2 is 2.20 bits per heavy atom. The van der Waals surface area contributed by atoms with Gasteiger partial charge in [0.05, 0.1) is 0 Å². The van der Waals surface area contributed by atoms with Crippen LogP contribution in [0.5, 0.6) is 0 Å². The van der Waals surface area contributed by atoms with Crippen molar-refractivity contribution >= 4 is 21.7 Å². The third kappa shape index (κ3) is 2.49. The molecule has 1 unspecified atom stereocenters. The first kappa shape index (κ1) is 10.9. The predicted octanol–water partition coefficient (Wildman–Crippen LogP) is 1.98. The zero-order valence-electron chi connectivity index (χ0n) is 9.15. The fourth-order valence-corrected chi connectivity index (χ4v) is 2.16. The average molecular weight is 270 g/mol. The summed E-state index contributed by atoms with van der Waals surface area (Å²) < 4.78 is 0.909. The lowest BCUT2D eigenvalue weighted by Gasteiger charge is -2.38. The van der Waals surface area contributed by atoms with Crippen LogP contribution in [0.2, 0.25) is 0 Å². The molecule has 0 amide bonds. The van der Waals surface area contributed by atoms with Crippen LogP contribution in [0.15, 0.2) is 22.8 Å². The molecular weight excluding hydrogens is 254 g/mol. The topological polar surface area (TPSA) is 19.4 Å². The molecule has 1 fully saturated rings. The maximum Gasteiger partial charge on any atom is 0.129 e. The summed E-state index contributed by atoms with van der Waals surface area (Å²) in [6, 6.07) is 6.67. The molecule has 1 aromatic heterocycles. The minimum absolute atomic E-state index is 0.597. The number of anilines is 1. The van der Waals surface area contributed by atoms with E-state index in [0.29, 0.717) is 6.04 Å². The van der Waals surface area contributed by atoms with Gasteiger partial charge in [0.15, 0.2) is 0 Å². The van der Waals surface area contributed by atoms with E-state index in [-0.39, 0.29) is 0 Å². The quantitative estimate of drug-likeness (QED) is 0.727. The summed E-state index contributed by atoms with van der Waals surface area (Å²) in [7, 11) is 2.18. The molecule has 3 nitrogen and oxygen atoms in total. The van der Waals surface area contributed by atoms with Gasteiger partial charge in [-0.3, -0.25) is 0 Å². The number of halogens is 1. The van der Waals surface area contributed by atoms with Gasteiger partial charge in [-0.2, -0.15) is 0 Å². The zero-order chi connectivity index (χ0) is 10.8. The van der Waals surface area contributed by atoms with Crippen LogP contribution in [0.25, 0.3) is 0 Å². The van der Waals surface area contributed by atoms with Crippen LogP contribution in [0.3, 0.4) is 0 Å². The first-order chi connectivity index (χ1) is 7.16. The highest BCUT2D eigenvalue weighted by Gasteiger charge is 2.21. The van der Waals surface area contributed by atoms with Crippen LogP contribution >= 0.6 is 15.9 Å². The Labute approximate surface area is 99.2 Å². The molecule has 1 aromatic rings. The van der Waals surface area contributed by atoms with E-state index in [1.807, 2.05) is 12.1 Å².